The lowest BCUT2D eigenvalue weighted by atomic mass is 9.64. The van der Waals surface area contributed by atoms with E-state index >= 15 is 0 Å². The minimum atomic E-state index is -0.569. The third-order valence-corrected chi connectivity index (χ3v) is 4.28. The zero-order chi connectivity index (χ0) is 15.5. The smallest absolute Gasteiger partial charge is 0.324 e. The third-order valence-electron chi connectivity index (χ3n) is 4.28. The van der Waals surface area contributed by atoms with Crippen molar-refractivity contribution in [2.75, 3.05) is 7.11 Å². The number of aryl methyl sites for hydroxylation is 1. The van der Waals surface area contributed by atoms with Gasteiger partial charge in [-0.1, -0.05) is 19.9 Å². The van der Waals surface area contributed by atoms with E-state index in [4.69, 9.17) is 10.3 Å². The summed E-state index contributed by atoms with van der Waals surface area (Å²) in [5.74, 6) is 1.09. The fourth-order valence-electron chi connectivity index (χ4n) is 3.53. The van der Waals surface area contributed by atoms with Gasteiger partial charge in [-0.25, -0.2) is 0 Å². The normalized spacial score (nSPS) is 20.6. The van der Waals surface area contributed by atoms with Gasteiger partial charge in [-0.3, -0.25) is 4.79 Å². The highest BCUT2D eigenvalue weighted by atomic mass is 16.5. The summed E-state index contributed by atoms with van der Waals surface area (Å²) in [4.78, 5) is 15.6. The van der Waals surface area contributed by atoms with E-state index < -0.39 is 5.41 Å². The van der Waals surface area contributed by atoms with Gasteiger partial charge in [-0.2, -0.15) is 4.79 Å². The van der Waals surface area contributed by atoms with Crippen LogP contribution in [0, 0.1) is 5.92 Å². The Balaban J connectivity index is 2.57. The van der Waals surface area contributed by atoms with E-state index in [2.05, 4.69) is 18.6 Å². The topological polar surface area (TPSA) is 62.7 Å². The van der Waals surface area contributed by atoms with Crippen LogP contribution in [0.3, 0.4) is 0 Å². The van der Waals surface area contributed by atoms with Crippen LogP contribution in [-0.2, 0) is 16.6 Å². The molecule has 0 N–H and O–H groups in total. The molecule has 1 aromatic rings. The van der Waals surface area contributed by atoms with E-state index in [1.54, 1.807) is 7.11 Å². The SMILES string of the molecule is COc1ccc2c(c1)CCCC2(CC(C)C)C(=O)C=[N+]=[N-]. The van der Waals surface area contributed by atoms with Crippen molar-refractivity contribution in [3.8, 4) is 5.75 Å². The number of ketones is 1. The molecular formula is C17H22N2O2. The van der Waals surface area contributed by atoms with Crippen molar-refractivity contribution in [3.05, 3.63) is 34.9 Å². The van der Waals surface area contributed by atoms with Gasteiger partial charge in [-0.15, -0.1) is 0 Å². The first kappa shape index (κ1) is 15.5. The number of Topliss-reactive ketones (excluding diaryl/α,β-unsaturated/α-hetero) is 1. The molecule has 21 heavy (non-hydrogen) atoms. The zero-order valence-corrected chi connectivity index (χ0v) is 12.9. The number of fused-ring (bicyclic) bond motifs is 1. The van der Waals surface area contributed by atoms with Crippen LogP contribution in [0.4, 0.5) is 0 Å². The Labute approximate surface area is 125 Å². The second-order valence-electron chi connectivity index (χ2n) is 6.17. The van der Waals surface area contributed by atoms with Crippen LogP contribution in [0.15, 0.2) is 18.2 Å². The number of carbonyl (C=O) groups is 1. The maximum absolute atomic E-state index is 12.6. The third kappa shape index (κ3) is 2.91. The van der Waals surface area contributed by atoms with Crippen molar-refractivity contribution in [2.24, 2.45) is 5.92 Å². The van der Waals surface area contributed by atoms with Gasteiger partial charge in [0.05, 0.1) is 12.5 Å². The minimum Gasteiger partial charge on any atom is -0.497 e. The molecule has 0 spiro atoms. The minimum absolute atomic E-state index is 0.107. The van der Waals surface area contributed by atoms with Crippen molar-refractivity contribution in [2.45, 2.75) is 44.9 Å². The van der Waals surface area contributed by atoms with E-state index in [-0.39, 0.29) is 5.78 Å². The lowest BCUT2D eigenvalue weighted by Gasteiger charge is -2.37. The van der Waals surface area contributed by atoms with Crippen LogP contribution >= 0.6 is 0 Å². The maximum Gasteiger partial charge on any atom is 0.324 e. The number of nitrogens with zero attached hydrogens (tertiary/aromatic N) is 2. The van der Waals surface area contributed by atoms with Crippen molar-refractivity contribution < 1.29 is 14.3 Å². The van der Waals surface area contributed by atoms with E-state index in [9.17, 15) is 4.79 Å². The molecule has 0 aliphatic heterocycles. The Morgan fingerprint density at radius 2 is 2.29 bits per heavy atom. The number of rotatable bonds is 5. The summed E-state index contributed by atoms with van der Waals surface area (Å²) in [5, 5.41) is 0. The van der Waals surface area contributed by atoms with Crippen LogP contribution in [-0.4, -0.2) is 23.9 Å². The predicted molar refractivity (Wildman–Crippen MR) is 81.8 cm³/mol. The van der Waals surface area contributed by atoms with Crippen LogP contribution in [0.5, 0.6) is 5.75 Å². The number of hydrogen-bond donors (Lipinski definition) is 0. The molecule has 112 valence electrons. The maximum atomic E-state index is 12.6. The predicted octanol–water partition coefficient (Wildman–Crippen LogP) is 3.19. The monoisotopic (exact) mass is 286 g/mol. The first-order valence-electron chi connectivity index (χ1n) is 7.43. The number of carbonyl (C=O) groups excluding carboxylic acids is 1. The summed E-state index contributed by atoms with van der Waals surface area (Å²) in [6.45, 7) is 4.23. The Bertz CT molecular complexity index is 588. The molecule has 2 rings (SSSR count). The van der Waals surface area contributed by atoms with Crippen molar-refractivity contribution >= 4 is 12.0 Å². The standard InChI is InChI=1S/C17H22N2O2/c1-12(2)10-17(16(20)11-19-18)8-4-5-13-9-14(21-3)6-7-15(13)17/h6-7,9,11-12H,4-5,8,10H2,1-3H3. The van der Waals surface area contributed by atoms with Crippen molar-refractivity contribution in [3.63, 3.8) is 0 Å². The molecule has 1 aromatic carbocycles. The summed E-state index contributed by atoms with van der Waals surface area (Å²) < 4.78 is 5.29. The molecular weight excluding hydrogens is 264 g/mol. The van der Waals surface area contributed by atoms with Gasteiger partial charge >= 0.3 is 6.21 Å². The molecule has 1 aliphatic carbocycles. The van der Waals surface area contributed by atoms with Crippen LogP contribution in [0.1, 0.15) is 44.2 Å². The highest BCUT2D eigenvalue weighted by Gasteiger charge is 2.44. The highest BCUT2D eigenvalue weighted by molar-refractivity contribution is 6.29. The summed E-state index contributed by atoms with van der Waals surface area (Å²) in [7, 11) is 1.65. The highest BCUT2D eigenvalue weighted by Crippen LogP contribution is 2.43. The molecule has 1 aliphatic rings. The van der Waals surface area contributed by atoms with Gasteiger partial charge in [0.1, 0.15) is 5.75 Å². The second-order valence-corrected chi connectivity index (χ2v) is 6.17. The summed E-state index contributed by atoms with van der Waals surface area (Å²) in [6.07, 6.45) is 4.53. The number of methoxy groups -OCH3 is 1. The number of hydrogen-bond acceptors (Lipinski definition) is 2. The van der Waals surface area contributed by atoms with E-state index in [0.717, 1.165) is 43.2 Å². The number of ether oxygens (including phenoxy) is 1. The molecule has 1 atom stereocenters. The first-order chi connectivity index (χ1) is 10.0. The summed E-state index contributed by atoms with van der Waals surface area (Å²) in [6, 6.07) is 5.92. The van der Waals surface area contributed by atoms with Crippen LogP contribution in [0.25, 0.3) is 5.53 Å². The Hall–Kier alpha value is -1.93. The fourth-order valence-corrected chi connectivity index (χ4v) is 3.53. The molecule has 0 saturated carbocycles. The summed E-state index contributed by atoms with van der Waals surface area (Å²) >= 11 is 0. The molecule has 0 aromatic heterocycles. The number of benzene rings is 1. The van der Waals surface area contributed by atoms with Gasteiger partial charge in [0.2, 0.25) is 5.78 Å². The van der Waals surface area contributed by atoms with Crippen LogP contribution in [0.2, 0.25) is 0 Å². The van der Waals surface area contributed by atoms with E-state index in [0.29, 0.717) is 5.92 Å². The van der Waals surface area contributed by atoms with E-state index in [1.807, 2.05) is 18.2 Å². The van der Waals surface area contributed by atoms with Gasteiger partial charge < -0.3 is 10.3 Å². The van der Waals surface area contributed by atoms with Gasteiger partial charge in [0.15, 0.2) is 0 Å². The van der Waals surface area contributed by atoms with Crippen molar-refractivity contribution in [1.29, 1.82) is 0 Å². The molecule has 0 bridgehead atoms. The van der Waals surface area contributed by atoms with Gasteiger partial charge in [-0.05, 0) is 54.9 Å². The Morgan fingerprint density at radius 3 is 2.90 bits per heavy atom. The molecule has 0 amide bonds. The quantitative estimate of drug-likeness (QED) is 0.474. The van der Waals surface area contributed by atoms with Gasteiger partial charge in [0.25, 0.3) is 0 Å². The molecule has 0 saturated heterocycles. The average Bonchev–Trinajstić information content (AvgIpc) is 2.46. The molecule has 0 fully saturated rings. The Kier molecular flexibility index (Phi) is 4.59. The molecule has 4 nitrogen and oxygen atoms in total. The summed E-state index contributed by atoms with van der Waals surface area (Å²) in [5.41, 5.74) is 10.4. The first-order valence-corrected chi connectivity index (χ1v) is 7.43. The van der Waals surface area contributed by atoms with E-state index in [1.165, 1.54) is 5.56 Å². The average molecular weight is 286 g/mol. The Morgan fingerprint density at radius 1 is 1.52 bits per heavy atom. The molecule has 0 radical (unpaired) electrons. The zero-order valence-electron chi connectivity index (χ0n) is 12.9. The molecule has 4 heteroatoms. The van der Waals surface area contributed by atoms with Gasteiger partial charge in [0, 0.05) is 0 Å². The largest absolute Gasteiger partial charge is 0.497 e. The lowest BCUT2D eigenvalue weighted by molar-refractivity contribution is -0.122. The molecule has 0 heterocycles. The second kappa shape index (κ2) is 6.23. The molecule has 1 unspecified atom stereocenters. The van der Waals surface area contributed by atoms with Crippen LogP contribution < -0.4 is 4.74 Å². The fraction of sp³-hybridized carbons (Fsp3) is 0.529. The lowest BCUT2D eigenvalue weighted by Crippen LogP contribution is -2.41. The van der Waals surface area contributed by atoms with Crippen molar-refractivity contribution in [1.82, 2.24) is 0 Å².